The number of hydrogen-bond donors (Lipinski definition) is 1. The van der Waals surface area contributed by atoms with Gasteiger partial charge >= 0.3 is 0 Å². The van der Waals surface area contributed by atoms with Gasteiger partial charge in [0.1, 0.15) is 6.61 Å². The normalized spacial score (nSPS) is 11.0. The number of methoxy groups -OCH3 is 1. The molecule has 1 aromatic rings. The van der Waals surface area contributed by atoms with Gasteiger partial charge in [0.2, 0.25) is 0 Å². The third-order valence-corrected chi connectivity index (χ3v) is 3.77. The van der Waals surface area contributed by atoms with Crippen LogP contribution in [0.1, 0.15) is 26.3 Å². The molecule has 0 aliphatic rings. The van der Waals surface area contributed by atoms with E-state index >= 15 is 0 Å². The van der Waals surface area contributed by atoms with E-state index in [1.165, 1.54) is 0 Å². The Morgan fingerprint density at radius 1 is 1.09 bits per heavy atom. The number of hydrogen-bond acceptors (Lipinski definition) is 5. The summed E-state index contributed by atoms with van der Waals surface area (Å²) >= 11 is 0. The summed E-state index contributed by atoms with van der Waals surface area (Å²) in [7, 11) is 1.67. The van der Waals surface area contributed by atoms with Gasteiger partial charge in [-0.25, -0.2) is 0 Å². The molecule has 0 aliphatic heterocycles. The van der Waals surface area contributed by atoms with E-state index in [0.717, 1.165) is 49.8 Å². The van der Waals surface area contributed by atoms with Crippen molar-refractivity contribution in [3.05, 3.63) is 23.8 Å². The largest absolute Gasteiger partial charge is 0.493 e. The molecule has 1 aromatic carbocycles. The highest BCUT2D eigenvalue weighted by Crippen LogP contribution is 2.30. The van der Waals surface area contributed by atoms with E-state index < -0.39 is 0 Å². The third kappa shape index (κ3) is 7.20. The standard InChI is InChI=1S/C18H32N2O3/c1-5-20(6-2)12-11-19-15-16-9-8-10-17(21-4)18(16)23-14-13-22-7-3/h8-10,19H,5-7,11-15H2,1-4H3. The molecule has 132 valence electrons. The predicted octanol–water partition coefficient (Wildman–Crippen LogP) is 2.54. The Hall–Kier alpha value is -1.30. The minimum atomic E-state index is 0.528. The molecule has 1 rings (SSSR count). The number of para-hydroxylation sites is 1. The minimum absolute atomic E-state index is 0.528. The van der Waals surface area contributed by atoms with Crippen LogP contribution < -0.4 is 14.8 Å². The first-order valence-corrected chi connectivity index (χ1v) is 8.56. The van der Waals surface area contributed by atoms with Gasteiger partial charge in [-0.05, 0) is 26.1 Å². The number of benzene rings is 1. The third-order valence-electron chi connectivity index (χ3n) is 3.77. The van der Waals surface area contributed by atoms with Gasteiger partial charge in [-0.3, -0.25) is 0 Å². The van der Waals surface area contributed by atoms with Crippen LogP contribution in [0, 0.1) is 0 Å². The second kappa shape index (κ2) is 12.2. The van der Waals surface area contributed by atoms with E-state index in [2.05, 4.69) is 30.1 Å². The molecule has 0 amide bonds. The highest BCUT2D eigenvalue weighted by molar-refractivity contribution is 5.46. The molecule has 1 N–H and O–H groups in total. The lowest BCUT2D eigenvalue weighted by Gasteiger charge is -2.19. The molecule has 0 heterocycles. The van der Waals surface area contributed by atoms with Crippen molar-refractivity contribution in [2.24, 2.45) is 0 Å². The van der Waals surface area contributed by atoms with Crippen LogP contribution in [0.2, 0.25) is 0 Å². The Balaban J connectivity index is 2.55. The van der Waals surface area contributed by atoms with Crippen LogP contribution in [0.3, 0.4) is 0 Å². The molecule has 0 aromatic heterocycles. The first kappa shape index (κ1) is 19.7. The van der Waals surface area contributed by atoms with Crippen LogP contribution in [0.25, 0.3) is 0 Å². The van der Waals surface area contributed by atoms with Crippen molar-refractivity contribution < 1.29 is 14.2 Å². The molecule has 0 saturated heterocycles. The Labute approximate surface area is 140 Å². The zero-order valence-corrected chi connectivity index (χ0v) is 15.1. The van der Waals surface area contributed by atoms with Crippen molar-refractivity contribution in [2.45, 2.75) is 27.3 Å². The molecule has 5 heteroatoms. The number of rotatable bonds is 13. The lowest BCUT2D eigenvalue weighted by atomic mass is 10.2. The molecule has 0 bridgehead atoms. The zero-order valence-electron chi connectivity index (χ0n) is 15.1. The van der Waals surface area contributed by atoms with Crippen LogP contribution >= 0.6 is 0 Å². The molecular formula is C18H32N2O3. The number of ether oxygens (including phenoxy) is 3. The maximum Gasteiger partial charge on any atom is 0.165 e. The topological polar surface area (TPSA) is 43.0 Å². The highest BCUT2D eigenvalue weighted by Gasteiger charge is 2.10. The molecule has 0 aliphatic carbocycles. The maximum atomic E-state index is 5.88. The van der Waals surface area contributed by atoms with Crippen LogP contribution in [-0.2, 0) is 11.3 Å². The molecule has 0 fully saturated rings. The molecule has 23 heavy (non-hydrogen) atoms. The van der Waals surface area contributed by atoms with Crippen molar-refractivity contribution in [3.63, 3.8) is 0 Å². The average Bonchev–Trinajstić information content (AvgIpc) is 2.59. The Bertz CT molecular complexity index is 423. The lowest BCUT2D eigenvalue weighted by Crippen LogP contribution is -2.31. The fraction of sp³-hybridized carbons (Fsp3) is 0.667. The van der Waals surface area contributed by atoms with E-state index in [0.29, 0.717) is 19.8 Å². The van der Waals surface area contributed by atoms with Crippen LogP contribution in [0.5, 0.6) is 11.5 Å². The van der Waals surface area contributed by atoms with Gasteiger partial charge in [0.05, 0.1) is 13.7 Å². The summed E-state index contributed by atoms with van der Waals surface area (Å²) in [6.07, 6.45) is 0. The summed E-state index contributed by atoms with van der Waals surface area (Å²) < 4.78 is 16.6. The second-order valence-corrected chi connectivity index (χ2v) is 5.20. The van der Waals surface area contributed by atoms with E-state index in [-0.39, 0.29) is 0 Å². The second-order valence-electron chi connectivity index (χ2n) is 5.20. The minimum Gasteiger partial charge on any atom is -0.493 e. The average molecular weight is 324 g/mol. The first-order chi connectivity index (χ1) is 11.3. The number of likely N-dealkylation sites (N-methyl/N-ethyl adjacent to an activating group) is 1. The smallest absolute Gasteiger partial charge is 0.165 e. The summed E-state index contributed by atoms with van der Waals surface area (Å²) in [5, 5.41) is 3.49. The van der Waals surface area contributed by atoms with Gasteiger partial charge in [0.15, 0.2) is 11.5 Å². The van der Waals surface area contributed by atoms with Gasteiger partial charge in [-0.2, -0.15) is 0 Å². The van der Waals surface area contributed by atoms with Gasteiger partial charge in [0.25, 0.3) is 0 Å². The van der Waals surface area contributed by atoms with E-state index in [4.69, 9.17) is 14.2 Å². The maximum absolute atomic E-state index is 5.88. The quantitative estimate of drug-likeness (QED) is 0.565. The fourth-order valence-corrected chi connectivity index (χ4v) is 2.37. The summed E-state index contributed by atoms with van der Waals surface area (Å²) in [4.78, 5) is 2.40. The molecular weight excluding hydrogens is 292 g/mol. The lowest BCUT2D eigenvalue weighted by molar-refractivity contribution is 0.108. The summed E-state index contributed by atoms with van der Waals surface area (Å²) in [5.41, 5.74) is 1.11. The van der Waals surface area contributed by atoms with Gasteiger partial charge < -0.3 is 24.4 Å². The van der Waals surface area contributed by atoms with Gasteiger partial charge in [-0.15, -0.1) is 0 Å². The summed E-state index contributed by atoms with van der Waals surface area (Å²) in [6.45, 7) is 13.1. The predicted molar refractivity (Wildman–Crippen MR) is 94.5 cm³/mol. The van der Waals surface area contributed by atoms with Gasteiger partial charge in [-0.1, -0.05) is 26.0 Å². The number of nitrogens with zero attached hydrogens (tertiary/aromatic N) is 1. The highest BCUT2D eigenvalue weighted by atomic mass is 16.5. The molecule has 5 nitrogen and oxygen atoms in total. The summed E-state index contributed by atoms with van der Waals surface area (Å²) in [5.74, 6) is 1.58. The van der Waals surface area contributed by atoms with Crippen molar-refractivity contribution in [1.29, 1.82) is 0 Å². The zero-order chi connectivity index (χ0) is 16.9. The molecule has 0 spiro atoms. The molecule has 0 atom stereocenters. The molecule has 0 radical (unpaired) electrons. The van der Waals surface area contributed by atoms with Crippen molar-refractivity contribution in [2.75, 3.05) is 53.1 Å². The summed E-state index contributed by atoms with van der Waals surface area (Å²) in [6, 6.07) is 5.99. The van der Waals surface area contributed by atoms with Crippen LogP contribution in [0.4, 0.5) is 0 Å². The molecule has 0 unspecified atom stereocenters. The van der Waals surface area contributed by atoms with Crippen molar-refractivity contribution >= 4 is 0 Å². The fourth-order valence-electron chi connectivity index (χ4n) is 2.37. The van der Waals surface area contributed by atoms with Gasteiger partial charge in [0, 0.05) is 31.8 Å². The van der Waals surface area contributed by atoms with Crippen molar-refractivity contribution in [3.8, 4) is 11.5 Å². The Morgan fingerprint density at radius 2 is 1.87 bits per heavy atom. The molecule has 0 saturated carbocycles. The van der Waals surface area contributed by atoms with Crippen molar-refractivity contribution in [1.82, 2.24) is 10.2 Å². The first-order valence-electron chi connectivity index (χ1n) is 8.56. The van der Waals surface area contributed by atoms with Crippen LogP contribution in [-0.4, -0.2) is 58.0 Å². The SMILES string of the molecule is CCOCCOc1c(CNCCN(CC)CC)cccc1OC. The van der Waals surface area contributed by atoms with E-state index in [1.807, 2.05) is 19.1 Å². The van der Waals surface area contributed by atoms with E-state index in [1.54, 1.807) is 7.11 Å². The monoisotopic (exact) mass is 324 g/mol. The van der Waals surface area contributed by atoms with Crippen LogP contribution in [0.15, 0.2) is 18.2 Å². The Kier molecular flexibility index (Phi) is 10.4. The number of nitrogens with one attached hydrogen (secondary N) is 1. The Morgan fingerprint density at radius 3 is 2.52 bits per heavy atom. The van der Waals surface area contributed by atoms with E-state index in [9.17, 15) is 0 Å².